The Labute approximate surface area is 239 Å². The van der Waals surface area contributed by atoms with E-state index < -0.39 is 23.6 Å². The number of hydrogen-bond acceptors (Lipinski definition) is 3. The Hall–Kier alpha value is -3.52. The van der Waals surface area contributed by atoms with Crippen LogP contribution in [0, 0.1) is 29.4 Å². The van der Waals surface area contributed by atoms with E-state index in [9.17, 15) is 23.5 Å². The highest BCUT2D eigenvalue weighted by Gasteiger charge is 2.41. The number of halogens is 2. The molecular formula is C33H39F2N3O3. The van der Waals surface area contributed by atoms with Crippen LogP contribution in [0.1, 0.15) is 63.0 Å². The van der Waals surface area contributed by atoms with Gasteiger partial charge in [0.05, 0.1) is 0 Å². The predicted octanol–water partition coefficient (Wildman–Crippen LogP) is 6.35. The number of nitrogens with zero attached hydrogens (tertiary/aromatic N) is 1. The van der Waals surface area contributed by atoms with Crippen LogP contribution in [0.5, 0.6) is 0 Å². The molecule has 8 heteroatoms. The molecule has 6 nitrogen and oxygen atoms in total. The van der Waals surface area contributed by atoms with Gasteiger partial charge in [0.2, 0.25) is 5.91 Å². The van der Waals surface area contributed by atoms with Crippen LogP contribution in [0.25, 0.3) is 17.0 Å². The number of likely N-dealkylation sites (tertiary alicyclic amines) is 1. The number of carbonyl (C=O) groups is 2. The number of carbonyl (C=O) groups excluding carboxylic acids is 1. The molecule has 1 saturated heterocycles. The van der Waals surface area contributed by atoms with E-state index in [0.29, 0.717) is 25.4 Å². The van der Waals surface area contributed by atoms with Crippen LogP contribution in [0.2, 0.25) is 0 Å². The minimum absolute atomic E-state index is 0.00359. The number of para-hydroxylation sites is 1. The zero-order valence-electron chi connectivity index (χ0n) is 23.7. The molecule has 0 radical (unpaired) electrons. The standard InChI is InChI=1S/C33H39F2N3O3/c1-20(2)29-19-38(31(39)12-7-21-15-23(34)17-24(35)16-21)14-13-27(29)32(33(40)41)37-25-10-8-22(9-11-25)28-18-36-30-6-4-3-5-26(28)30/h3-7,12,15-18,20,22,25,27,29,32,36-37H,8-11,13-14,19H2,1-2H3,(H,40,41)/b12-7+. The van der Waals surface area contributed by atoms with Crippen LogP contribution in [0.4, 0.5) is 8.78 Å². The molecule has 2 heterocycles. The van der Waals surface area contributed by atoms with Gasteiger partial charge in [0.25, 0.3) is 0 Å². The molecule has 1 amide bonds. The van der Waals surface area contributed by atoms with Crippen molar-refractivity contribution in [1.82, 2.24) is 15.2 Å². The van der Waals surface area contributed by atoms with E-state index in [2.05, 4.69) is 48.5 Å². The first kappa shape index (κ1) is 29.0. The van der Waals surface area contributed by atoms with Crippen molar-refractivity contribution in [3.8, 4) is 0 Å². The van der Waals surface area contributed by atoms with Crippen molar-refractivity contribution < 1.29 is 23.5 Å². The van der Waals surface area contributed by atoms with Gasteiger partial charge in [-0.2, -0.15) is 0 Å². The number of piperidine rings is 1. The Morgan fingerprint density at radius 2 is 1.73 bits per heavy atom. The zero-order chi connectivity index (χ0) is 29.1. The first-order valence-electron chi connectivity index (χ1n) is 14.7. The molecule has 218 valence electrons. The Balaban J connectivity index is 1.21. The molecule has 5 rings (SSSR count). The molecule has 2 aromatic carbocycles. The fraction of sp³-hybridized carbons (Fsp3) is 0.455. The van der Waals surface area contributed by atoms with Gasteiger partial charge in [-0.1, -0.05) is 32.0 Å². The van der Waals surface area contributed by atoms with Crippen LogP contribution in [0.3, 0.4) is 0 Å². The van der Waals surface area contributed by atoms with E-state index >= 15 is 0 Å². The van der Waals surface area contributed by atoms with Crippen molar-refractivity contribution >= 4 is 28.9 Å². The summed E-state index contributed by atoms with van der Waals surface area (Å²) in [6, 6.07) is 10.9. The molecule has 3 aromatic rings. The summed E-state index contributed by atoms with van der Waals surface area (Å²) in [5.41, 5.74) is 2.78. The smallest absolute Gasteiger partial charge is 0.321 e. The Bertz CT molecular complexity index is 1390. The van der Waals surface area contributed by atoms with Gasteiger partial charge < -0.3 is 20.3 Å². The molecule has 3 unspecified atom stereocenters. The Morgan fingerprint density at radius 3 is 2.41 bits per heavy atom. The summed E-state index contributed by atoms with van der Waals surface area (Å²) in [5, 5.41) is 15.1. The number of carboxylic acids is 1. The molecule has 1 aromatic heterocycles. The summed E-state index contributed by atoms with van der Waals surface area (Å²) < 4.78 is 27.0. The third kappa shape index (κ3) is 6.70. The van der Waals surface area contributed by atoms with Crippen molar-refractivity contribution in [3.63, 3.8) is 0 Å². The third-order valence-corrected chi connectivity index (χ3v) is 9.08. The molecule has 0 spiro atoms. The van der Waals surface area contributed by atoms with Crippen molar-refractivity contribution in [2.75, 3.05) is 13.1 Å². The lowest BCUT2D eigenvalue weighted by atomic mass is 9.73. The maximum Gasteiger partial charge on any atom is 0.321 e. The number of nitrogens with one attached hydrogen (secondary N) is 2. The molecule has 2 aliphatic rings. The Morgan fingerprint density at radius 1 is 1.02 bits per heavy atom. The average molecular weight is 564 g/mol. The minimum Gasteiger partial charge on any atom is -0.480 e. The maximum absolute atomic E-state index is 13.5. The van der Waals surface area contributed by atoms with Crippen LogP contribution in [-0.4, -0.2) is 52.0 Å². The highest BCUT2D eigenvalue weighted by atomic mass is 19.1. The van der Waals surface area contributed by atoms with Crippen LogP contribution < -0.4 is 5.32 Å². The SMILES string of the molecule is CC(C)C1CN(C(=O)/C=C/c2cc(F)cc(F)c2)CCC1C(NC1CCC(c2c[nH]c3ccccc23)CC1)C(=O)O. The number of aromatic nitrogens is 1. The van der Waals surface area contributed by atoms with Gasteiger partial charge in [-0.05, 0) is 91.2 Å². The fourth-order valence-electron chi connectivity index (χ4n) is 6.90. The van der Waals surface area contributed by atoms with Gasteiger partial charge in [0.1, 0.15) is 17.7 Å². The molecule has 1 saturated carbocycles. The Kier molecular flexibility index (Phi) is 8.88. The molecule has 3 atom stereocenters. The maximum atomic E-state index is 13.5. The average Bonchev–Trinajstić information content (AvgIpc) is 3.38. The van der Waals surface area contributed by atoms with Gasteiger partial charge in [-0.15, -0.1) is 0 Å². The third-order valence-electron chi connectivity index (χ3n) is 9.08. The van der Waals surface area contributed by atoms with Crippen molar-refractivity contribution in [2.24, 2.45) is 17.8 Å². The number of rotatable bonds is 8. The lowest BCUT2D eigenvalue weighted by Gasteiger charge is -2.44. The highest BCUT2D eigenvalue weighted by Crippen LogP contribution is 2.38. The molecule has 1 aliphatic heterocycles. The molecule has 1 aliphatic carbocycles. The molecule has 2 fully saturated rings. The second-order valence-corrected chi connectivity index (χ2v) is 12.0. The van der Waals surface area contributed by atoms with E-state index in [0.717, 1.165) is 37.3 Å². The number of hydrogen-bond donors (Lipinski definition) is 3. The summed E-state index contributed by atoms with van der Waals surface area (Å²) >= 11 is 0. The summed E-state index contributed by atoms with van der Waals surface area (Å²) in [4.78, 5) is 30.6. The van der Waals surface area contributed by atoms with E-state index in [-0.39, 0.29) is 35.3 Å². The van der Waals surface area contributed by atoms with Crippen LogP contribution in [0.15, 0.2) is 54.7 Å². The zero-order valence-corrected chi connectivity index (χ0v) is 23.7. The van der Waals surface area contributed by atoms with Gasteiger partial charge >= 0.3 is 5.97 Å². The number of aliphatic carboxylic acids is 1. The fourth-order valence-corrected chi connectivity index (χ4v) is 6.90. The van der Waals surface area contributed by atoms with Crippen molar-refractivity contribution in [1.29, 1.82) is 0 Å². The molecule has 41 heavy (non-hydrogen) atoms. The van der Waals surface area contributed by atoms with Crippen molar-refractivity contribution in [3.05, 3.63) is 77.5 Å². The summed E-state index contributed by atoms with van der Waals surface area (Å²) in [6.07, 6.45) is 9.31. The first-order chi connectivity index (χ1) is 19.7. The first-order valence-corrected chi connectivity index (χ1v) is 14.7. The second kappa shape index (κ2) is 12.6. The molecule has 0 bridgehead atoms. The quantitative estimate of drug-likeness (QED) is 0.279. The van der Waals surface area contributed by atoms with Crippen molar-refractivity contribution in [2.45, 2.75) is 64.0 Å². The number of H-pyrrole nitrogens is 1. The van der Waals surface area contributed by atoms with Gasteiger partial charge in [-0.25, -0.2) is 8.78 Å². The normalized spacial score (nSPS) is 24.3. The van der Waals surface area contributed by atoms with E-state index in [4.69, 9.17) is 0 Å². The predicted molar refractivity (Wildman–Crippen MR) is 156 cm³/mol. The number of carboxylic acid groups (broad SMARTS) is 1. The summed E-state index contributed by atoms with van der Waals surface area (Å²) in [7, 11) is 0. The summed E-state index contributed by atoms with van der Waals surface area (Å²) in [6.45, 7) is 5.03. The van der Waals surface area contributed by atoms with Gasteiger partial charge in [0.15, 0.2) is 0 Å². The van der Waals surface area contributed by atoms with Crippen LogP contribution in [-0.2, 0) is 9.59 Å². The van der Waals surface area contributed by atoms with Crippen LogP contribution >= 0.6 is 0 Å². The topological polar surface area (TPSA) is 85.4 Å². The number of benzene rings is 2. The highest BCUT2D eigenvalue weighted by molar-refractivity contribution is 5.92. The number of aromatic amines is 1. The largest absolute Gasteiger partial charge is 0.480 e. The minimum atomic E-state index is -0.841. The van der Waals surface area contributed by atoms with E-state index in [1.54, 1.807) is 4.90 Å². The molecular weight excluding hydrogens is 524 g/mol. The van der Waals surface area contributed by atoms with E-state index in [1.165, 1.54) is 35.2 Å². The second-order valence-electron chi connectivity index (χ2n) is 12.0. The van der Waals surface area contributed by atoms with Gasteiger partial charge in [-0.3, -0.25) is 9.59 Å². The number of amides is 1. The monoisotopic (exact) mass is 563 g/mol. The number of fused-ring (bicyclic) bond motifs is 1. The lowest BCUT2D eigenvalue weighted by Crippen LogP contribution is -2.56. The van der Waals surface area contributed by atoms with E-state index in [1.807, 2.05) is 6.07 Å². The summed E-state index contributed by atoms with van der Waals surface area (Å²) in [5.74, 6) is -1.94. The molecule has 3 N–H and O–H groups in total. The van der Waals surface area contributed by atoms with Gasteiger partial charge in [0, 0.05) is 48.4 Å². The lowest BCUT2D eigenvalue weighted by molar-refractivity contribution is -0.143.